The molecule has 1 saturated carbocycles. The normalized spacial score (nSPS) is 22.2. The van der Waals surface area contributed by atoms with Gasteiger partial charge in [-0.05, 0) is 24.5 Å². The van der Waals surface area contributed by atoms with E-state index in [2.05, 4.69) is 0 Å². The number of carbonyl (C=O) groups is 1. The van der Waals surface area contributed by atoms with Crippen molar-refractivity contribution in [1.29, 1.82) is 0 Å². The number of allylic oxidation sites excluding steroid dienone is 2. The van der Waals surface area contributed by atoms with Crippen molar-refractivity contribution in [2.45, 2.75) is 38.1 Å². The summed E-state index contributed by atoms with van der Waals surface area (Å²) in [6.45, 7) is 0. The highest BCUT2D eigenvalue weighted by Gasteiger charge is 2.37. The predicted molar refractivity (Wildman–Crippen MR) is 97.5 cm³/mol. The summed E-state index contributed by atoms with van der Waals surface area (Å²) in [5, 5.41) is 0. The fourth-order valence-electron chi connectivity index (χ4n) is 2.96. The number of hydrogen-bond donors (Lipinski definition) is 0. The molecule has 0 unspecified atom stereocenters. The van der Waals surface area contributed by atoms with Gasteiger partial charge in [-0.15, -0.1) is 0 Å². The summed E-state index contributed by atoms with van der Waals surface area (Å²) in [4.78, 5) is 15.2. The maximum absolute atomic E-state index is 12.6. The van der Waals surface area contributed by atoms with Crippen molar-refractivity contribution >= 4 is 40.3 Å². The monoisotopic (exact) mass is 329 g/mol. The summed E-state index contributed by atoms with van der Waals surface area (Å²) >= 11 is 6.85. The van der Waals surface area contributed by atoms with Gasteiger partial charge in [0, 0.05) is 6.04 Å². The number of thiocarbonyl (C=S) groups is 1. The van der Waals surface area contributed by atoms with Gasteiger partial charge in [0.25, 0.3) is 5.91 Å². The van der Waals surface area contributed by atoms with E-state index in [1.807, 2.05) is 53.5 Å². The molecule has 1 aliphatic heterocycles. The topological polar surface area (TPSA) is 20.3 Å². The highest BCUT2D eigenvalue weighted by Crippen LogP contribution is 2.36. The molecule has 0 aromatic heterocycles. The van der Waals surface area contributed by atoms with Gasteiger partial charge in [0.1, 0.15) is 4.32 Å². The zero-order valence-electron chi connectivity index (χ0n) is 12.4. The van der Waals surface area contributed by atoms with E-state index in [4.69, 9.17) is 12.2 Å². The molecule has 3 rings (SSSR count). The Labute approximate surface area is 141 Å². The van der Waals surface area contributed by atoms with Crippen LogP contribution in [0.25, 0.3) is 6.08 Å². The standard InChI is InChI=1S/C18H19NOS2/c20-17-16(13-7-10-14-8-3-1-4-9-14)22-18(21)19(17)15-11-5-2-6-12-15/h1,3-4,7-10,13,15H,2,5-6,11-12H2/b10-7-,16-13-. The van der Waals surface area contributed by atoms with Gasteiger partial charge in [-0.2, -0.15) is 0 Å². The molecule has 2 aliphatic rings. The molecule has 2 fully saturated rings. The smallest absolute Gasteiger partial charge is 0.266 e. The summed E-state index contributed by atoms with van der Waals surface area (Å²) in [6, 6.07) is 10.4. The fourth-order valence-corrected chi connectivity index (χ4v) is 4.31. The van der Waals surface area contributed by atoms with Crippen LogP contribution in [0.4, 0.5) is 0 Å². The van der Waals surface area contributed by atoms with Crippen molar-refractivity contribution in [3.8, 4) is 0 Å². The van der Waals surface area contributed by atoms with Crippen molar-refractivity contribution in [3.63, 3.8) is 0 Å². The molecule has 1 amide bonds. The number of carbonyl (C=O) groups excluding carboxylic acids is 1. The molecule has 4 heteroatoms. The van der Waals surface area contributed by atoms with Crippen LogP contribution >= 0.6 is 24.0 Å². The van der Waals surface area contributed by atoms with Gasteiger partial charge in [-0.1, -0.05) is 85.7 Å². The molecule has 1 aliphatic carbocycles. The van der Waals surface area contributed by atoms with E-state index in [0.717, 1.165) is 27.6 Å². The third kappa shape index (κ3) is 3.50. The molecular weight excluding hydrogens is 310 g/mol. The lowest BCUT2D eigenvalue weighted by molar-refractivity contribution is -0.124. The minimum atomic E-state index is 0.0830. The average molecular weight is 329 g/mol. The van der Waals surface area contributed by atoms with Crippen LogP contribution in [-0.4, -0.2) is 21.2 Å². The first-order valence-electron chi connectivity index (χ1n) is 7.74. The molecule has 0 radical (unpaired) electrons. The molecule has 2 nitrogen and oxygen atoms in total. The van der Waals surface area contributed by atoms with Crippen molar-refractivity contribution in [2.24, 2.45) is 0 Å². The summed E-state index contributed by atoms with van der Waals surface area (Å²) in [5.74, 6) is 0.0830. The highest BCUT2D eigenvalue weighted by atomic mass is 32.2. The summed E-state index contributed by atoms with van der Waals surface area (Å²) < 4.78 is 0.719. The summed E-state index contributed by atoms with van der Waals surface area (Å²) in [6.07, 6.45) is 11.7. The minimum Gasteiger partial charge on any atom is -0.290 e. The molecule has 1 saturated heterocycles. The van der Waals surface area contributed by atoms with Crippen LogP contribution < -0.4 is 0 Å². The van der Waals surface area contributed by atoms with Gasteiger partial charge >= 0.3 is 0 Å². The molecule has 0 spiro atoms. The van der Waals surface area contributed by atoms with Crippen LogP contribution in [0, 0.1) is 0 Å². The van der Waals surface area contributed by atoms with Crippen LogP contribution in [0.15, 0.2) is 47.4 Å². The van der Waals surface area contributed by atoms with Crippen molar-refractivity contribution < 1.29 is 4.79 Å². The van der Waals surface area contributed by atoms with E-state index < -0.39 is 0 Å². The molecule has 0 atom stereocenters. The molecule has 0 N–H and O–H groups in total. The van der Waals surface area contributed by atoms with Gasteiger partial charge < -0.3 is 0 Å². The molecule has 1 aromatic rings. The van der Waals surface area contributed by atoms with Crippen LogP contribution in [0.5, 0.6) is 0 Å². The first-order valence-corrected chi connectivity index (χ1v) is 8.97. The Morgan fingerprint density at radius 3 is 2.59 bits per heavy atom. The van der Waals surface area contributed by atoms with Gasteiger partial charge in [-0.3, -0.25) is 9.69 Å². The lowest BCUT2D eigenvalue weighted by Gasteiger charge is -2.29. The molecule has 22 heavy (non-hydrogen) atoms. The van der Waals surface area contributed by atoms with Gasteiger partial charge in [0.15, 0.2) is 0 Å². The van der Waals surface area contributed by atoms with Gasteiger partial charge in [0.2, 0.25) is 0 Å². The van der Waals surface area contributed by atoms with E-state index in [9.17, 15) is 4.79 Å². The van der Waals surface area contributed by atoms with Crippen LogP contribution in [0.1, 0.15) is 37.7 Å². The zero-order chi connectivity index (χ0) is 15.4. The summed E-state index contributed by atoms with van der Waals surface area (Å²) in [5.41, 5.74) is 1.13. The first-order chi connectivity index (χ1) is 10.8. The predicted octanol–water partition coefficient (Wildman–Crippen LogP) is 4.78. The first kappa shape index (κ1) is 15.5. The third-order valence-electron chi connectivity index (χ3n) is 4.10. The maximum atomic E-state index is 12.6. The van der Waals surface area contributed by atoms with E-state index in [1.165, 1.54) is 31.0 Å². The second-order valence-electron chi connectivity index (χ2n) is 5.64. The van der Waals surface area contributed by atoms with E-state index in [1.54, 1.807) is 0 Å². The average Bonchev–Trinajstić information content (AvgIpc) is 2.83. The van der Waals surface area contributed by atoms with Crippen molar-refractivity contribution in [3.05, 3.63) is 53.0 Å². The number of amides is 1. The number of hydrogen-bond acceptors (Lipinski definition) is 3. The lowest BCUT2D eigenvalue weighted by Crippen LogP contribution is -2.39. The Hall–Kier alpha value is -1.39. The number of thioether (sulfide) groups is 1. The maximum Gasteiger partial charge on any atom is 0.266 e. The number of rotatable bonds is 3. The Morgan fingerprint density at radius 1 is 1.14 bits per heavy atom. The highest BCUT2D eigenvalue weighted by molar-refractivity contribution is 8.26. The molecule has 1 aromatic carbocycles. The third-order valence-corrected chi connectivity index (χ3v) is 5.45. The lowest BCUT2D eigenvalue weighted by atomic mass is 9.94. The molecule has 1 heterocycles. The summed E-state index contributed by atoms with van der Waals surface area (Å²) in [7, 11) is 0. The van der Waals surface area contributed by atoms with Crippen LogP contribution in [-0.2, 0) is 4.79 Å². The van der Waals surface area contributed by atoms with Crippen LogP contribution in [0.3, 0.4) is 0 Å². The number of nitrogens with zero attached hydrogens (tertiary/aromatic N) is 1. The van der Waals surface area contributed by atoms with Gasteiger partial charge in [-0.25, -0.2) is 0 Å². The molecule has 114 valence electrons. The molecule has 0 bridgehead atoms. The fraction of sp³-hybridized carbons (Fsp3) is 0.333. The van der Waals surface area contributed by atoms with Crippen molar-refractivity contribution in [1.82, 2.24) is 4.90 Å². The quantitative estimate of drug-likeness (QED) is 0.588. The Bertz CT molecular complexity index is 615. The second-order valence-corrected chi connectivity index (χ2v) is 7.31. The SMILES string of the molecule is O=C1/C(=C/C=C\c2ccccc2)SC(=S)N1C1CCCCC1. The number of benzene rings is 1. The Kier molecular flexibility index (Phi) is 5.11. The minimum absolute atomic E-state index is 0.0830. The van der Waals surface area contributed by atoms with E-state index in [0.29, 0.717) is 6.04 Å². The Morgan fingerprint density at radius 2 is 1.86 bits per heavy atom. The van der Waals surface area contributed by atoms with Crippen LogP contribution in [0.2, 0.25) is 0 Å². The van der Waals surface area contributed by atoms with Crippen molar-refractivity contribution in [2.75, 3.05) is 0 Å². The zero-order valence-corrected chi connectivity index (χ0v) is 14.0. The van der Waals surface area contributed by atoms with E-state index >= 15 is 0 Å². The largest absolute Gasteiger partial charge is 0.290 e. The second kappa shape index (κ2) is 7.25. The van der Waals surface area contributed by atoms with E-state index in [-0.39, 0.29) is 5.91 Å². The molecular formula is C18H19NOS2. The Balaban J connectivity index is 1.70. The van der Waals surface area contributed by atoms with Gasteiger partial charge in [0.05, 0.1) is 4.91 Å².